The molecule has 1 aromatic rings. The van der Waals surface area contributed by atoms with Crippen LogP contribution < -0.4 is 5.32 Å². The number of nitro groups is 1. The Morgan fingerprint density at radius 3 is 2.43 bits per heavy atom. The SMILES string of the molecule is O=C(N[C@H](CO)[C@H](O)c1ccc([N+](=O)[O-])cc1)C1CCC1. The van der Waals surface area contributed by atoms with Crippen molar-refractivity contribution in [1.82, 2.24) is 5.32 Å². The average molecular weight is 294 g/mol. The van der Waals surface area contributed by atoms with Crippen LogP contribution in [0.2, 0.25) is 0 Å². The molecule has 1 saturated carbocycles. The van der Waals surface area contributed by atoms with Crippen molar-refractivity contribution in [1.29, 1.82) is 0 Å². The van der Waals surface area contributed by atoms with E-state index in [0.717, 1.165) is 19.3 Å². The molecule has 0 unspecified atom stereocenters. The quantitative estimate of drug-likeness (QED) is 0.533. The maximum atomic E-state index is 11.9. The van der Waals surface area contributed by atoms with Crippen LogP contribution >= 0.6 is 0 Å². The molecule has 7 heteroatoms. The van der Waals surface area contributed by atoms with Gasteiger partial charge in [-0.3, -0.25) is 14.9 Å². The van der Waals surface area contributed by atoms with E-state index in [2.05, 4.69) is 5.32 Å². The van der Waals surface area contributed by atoms with Crippen molar-refractivity contribution in [2.24, 2.45) is 5.92 Å². The minimum atomic E-state index is -1.11. The number of benzene rings is 1. The summed E-state index contributed by atoms with van der Waals surface area (Å²) in [4.78, 5) is 21.9. The highest BCUT2D eigenvalue weighted by atomic mass is 16.6. The Morgan fingerprint density at radius 2 is 2.00 bits per heavy atom. The fourth-order valence-electron chi connectivity index (χ4n) is 2.22. The number of hydrogen-bond donors (Lipinski definition) is 3. The predicted molar refractivity (Wildman–Crippen MR) is 74.4 cm³/mol. The Balaban J connectivity index is 2.02. The van der Waals surface area contributed by atoms with E-state index in [1.165, 1.54) is 24.3 Å². The van der Waals surface area contributed by atoms with E-state index in [0.29, 0.717) is 5.56 Å². The zero-order valence-electron chi connectivity index (χ0n) is 11.4. The van der Waals surface area contributed by atoms with Crippen LogP contribution in [0.5, 0.6) is 0 Å². The summed E-state index contributed by atoms with van der Waals surface area (Å²) in [6.45, 7) is -0.406. The van der Waals surface area contributed by atoms with Crippen molar-refractivity contribution in [2.45, 2.75) is 31.4 Å². The van der Waals surface area contributed by atoms with Crippen LogP contribution in [0.25, 0.3) is 0 Å². The summed E-state index contributed by atoms with van der Waals surface area (Å²) in [5.41, 5.74) is 0.332. The molecule has 1 aliphatic rings. The molecule has 2 rings (SSSR count). The topological polar surface area (TPSA) is 113 Å². The van der Waals surface area contributed by atoms with Crippen LogP contribution in [0.1, 0.15) is 30.9 Å². The summed E-state index contributed by atoms with van der Waals surface area (Å²) >= 11 is 0. The largest absolute Gasteiger partial charge is 0.394 e. The number of carbonyl (C=O) groups excluding carboxylic acids is 1. The number of rotatable bonds is 6. The van der Waals surface area contributed by atoms with Crippen LogP contribution in [-0.2, 0) is 4.79 Å². The zero-order valence-corrected chi connectivity index (χ0v) is 11.4. The second-order valence-electron chi connectivity index (χ2n) is 5.22. The Morgan fingerprint density at radius 1 is 1.38 bits per heavy atom. The first-order valence-electron chi connectivity index (χ1n) is 6.86. The summed E-state index contributed by atoms with van der Waals surface area (Å²) in [5, 5.41) is 32.7. The van der Waals surface area contributed by atoms with Gasteiger partial charge in [-0.15, -0.1) is 0 Å². The van der Waals surface area contributed by atoms with E-state index < -0.39 is 23.7 Å². The van der Waals surface area contributed by atoms with E-state index in [1.807, 2.05) is 0 Å². The first-order chi connectivity index (χ1) is 10.0. The lowest BCUT2D eigenvalue weighted by atomic mass is 9.84. The van der Waals surface area contributed by atoms with E-state index >= 15 is 0 Å². The average Bonchev–Trinajstić information content (AvgIpc) is 2.42. The molecule has 1 aromatic carbocycles. The maximum absolute atomic E-state index is 11.9. The molecule has 3 N–H and O–H groups in total. The van der Waals surface area contributed by atoms with Crippen molar-refractivity contribution in [3.05, 3.63) is 39.9 Å². The van der Waals surface area contributed by atoms with Gasteiger partial charge < -0.3 is 15.5 Å². The fraction of sp³-hybridized carbons (Fsp3) is 0.500. The maximum Gasteiger partial charge on any atom is 0.269 e. The van der Waals surface area contributed by atoms with E-state index in [4.69, 9.17) is 0 Å². The third kappa shape index (κ3) is 3.56. The van der Waals surface area contributed by atoms with Gasteiger partial charge in [0, 0.05) is 18.1 Å². The Hall–Kier alpha value is -1.99. The van der Waals surface area contributed by atoms with Gasteiger partial charge in [-0.2, -0.15) is 0 Å². The molecule has 1 aliphatic carbocycles. The highest BCUT2D eigenvalue weighted by molar-refractivity contribution is 5.79. The molecule has 1 fully saturated rings. The molecule has 7 nitrogen and oxygen atoms in total. The first-order valence-corrected chi connectivity index (χ1v) is 6.86. The highest BCUT2D eigenvalue weighted by Crippen LogP contribution is 2.27. The van der Waals surface area contributed by atoms with Gasteiger partial charge in [-0.25, -0.2) is 0 Å². The molecule has 1 amide bonds. The smallest absolute Gasteiger partial charge is 0.269 e. The molecule has 0 spiro atoms. The fourth-order valence-corrected chi connectivity index (χ4v) is 2.22. The Bertz CT molecular complexity index is 513. The van der Waals surface area contributed by atoms with Crippen LogP contribution in [0.4, 0.5) is 5.69 Å². The van der Waals surface area contributed by atoms with Gasteiger partial charge in [0.2, 0.25) is 5.91 Å². The second kappa shape index (κ2) is 6.64. The van der Waals surface area contributed by atoms with Crippen molar-refractivity contribution < 1.29 is 19.9 Å². The second-order valence-corrected chi connectivity index (χ2v) is 5.22. The predicted octanol–water partition coefficient (Wildman–Crippen LogP) is 0.905. The summed E-state index contributed by atoms with van der Waals surface area (Å²) < 4.78 is 0. The summed E-state index contributed by atoms with van der Waals surface area (Å²) in [6, 6.07) is 4.57. The summed E-state index contributed by atoms with van der Waals surface area (Å²) in [5.74, 6) is -0.204. The van der Waals surface area contributed by atoms with E-state index in [-0.39, 0.29) is 17.5 Å². The molecule has 0 bridgehead atoms. The number of non-ortho nitro benzene ring substituents is 1. The number of carbonyl (C=O) groups is 1. The molecule has 2 atom stereocenters. The van der Waals surface area contributed by atoms with E-state index in [1.54, 1.807) is 0 Å². The normalized spacial score (nSPS) is 17.6. The lowest BCUT2D eigenvalue weighted by Gasteiger charge is -2.28. The van der Waals surface area contributed by atoms with Crippen molar-refractivity contribution in [2.75, 3.05) is 6.61 Å². The minimum absolute atomic E-state index is 0.0388. The van der Waals surface area contributed by atoms with Crippen LogP contribution in [0.3, 0.4) is 0 Å². The monoisotopic (exact) mass is 294 g/mol. The van der Waals surface area contributed by atoms with Gasteiger partial charge in [0.25, 0.3) is 5.69 Å². The zero-order chi connectivity index (χ0) is 15.4. The van der Waals surface area contributed by atoms with Crippen LogP contribution in [0, 0.1) is 16.0 Å². The number of aliphatic hydroxyl groups is 2. The number of nitrogens with zero attached hydrogens (tertiary/aromatic N) is 1. The third-order valence-electron chi connectivity index (χ3n) is 3.83. The Labute approximate surface area is 121 Å². The molecule has 21 heavy (non-hydrogen) atoms. The third-order valence-corrected chi connectivity index (χ3v) is 3.83. The number of amides is 1. The molecular weight excluding hydrogens is 276 g/mol. The highest BCUT2D eigenvalue weighted by Gasteiger charge is 2.29. The van der Waals surface area contributed by atoms with Crippen LogP contribution in [-0.4, -0.2) is 33.7 Å². The van der Waals surface area contributed by atoms with Gasteiger partial charge in [0.1, 0.15) is 6.10 Å². The number of nitrogens with one attached hydrogen (secondary N) is 1. The molecule has 0 radical (unpaired) electrons. The minimum Gasteiger partial charge on any atom is -0.394 e. The molecule has 114 valence electrons. The number of nitro benzene ring substituents is 1. The van der Waals surface area contributed by atoms with Crippen molar-refractivity contribution in [3.63, 3.8) is 0 Å². The first kappa shape index (κ1) is 15.4. The van der Waals surface area contributed by atoms with Gasteiger partial charge in [-0.1, -0.05) is 6.42 Å². The molecule has 0 aromatic heterocycles. The summed E-state index contributed by atoms with van der Waals surface area (Å²) in [7, 11) is 0. The van der Waals surface area contributed by atoms with Gasteiger partial charge in [0.15, 0.2) is 0 Å². The van der Waals surface area contributed by atoms with Gasteiger partial charge >= 0.3 is 0 Å². The van der Waals surface area contributed by atoms with Crippen molar-refractivity contribution in [3.8, 4) is 0 Å². The van der Waals surface area contributed by atoms with E-state index in [9.17, 15) is 25.1 Å². The Kier molecular flexibility index (Phi) is 4.87. The van der Waals surface area contributed by atoms with Gasteiger partial charge in [-0.05, 0) is 30.5 Å². The number of aliphatic hydroxyl groups excluding tert-OH is 2. The van der Waals surface area contributed by atoms with Crippen LogP contribution in [0.15, 0.2) is 24.3 Å². The lowest BCUT2D eigenvalue weighted by molar-refractivity contribution is -0.384. The molecule has 0 saturated heterocycles. The molecule has 0 aliphatic heterocycles. The lowest BCUT2D eigenvalue weighted by Crippen LogP contribution is -2.45. The summed E-state index contributed by atoms with van der Waals surface area (Å²) in [6.07, 6.45) is 1.57. The molecule has 0 heterocycles. The van der Waals surface area contributed by atoms with Crippen molar-refractivity contribution >= 4 is 11.6 Å². The standard InChI is InChI=1S/C14H18N2O5/c17-8-12(15-14(19)10-2-1-3-10)13(18)9-4-6-11(7-5-9)16(20)21/h4-7,10,12-13,17-18H,1-3,8H2,(H,15,19)/t12-,13-/m1/s1. The number of hydrogen-bond acceptors (Lipinski definition) is 5. The van der Waals surface area contributed by atoms with Gasteiger partial charge in [0.05, 0.1) is 17.6 Å². The molecular formula is C14H18N2O5.